The van der Waals surface area contributed by atoms with E-state index in [4.69, 9.17) is 4.74 Å². The fourth-order valence-corrected chi connectivity index (χ4v) is 5.18. The number of aliphatic hydroxyl groups excluding tert-OH is 1. The van der Waals surface area contributed by atoms with E-state index in [1.807, 2.05) is 20.8 Å². The highest BCUT2D eigenvalue weighted by molar-refractivity contribution is 6.46. The number of likely N-dealkylation sites (tertiary alicyclic amines) is 1. The molecule has 2 aromatic rings. The van der Waals surface area contributed by atoms with E-state index in [-0.39, 0.29) is 28.4 Å². The van der Waals surface area contributed by atoms with Crippen LogP contribution in [0.4, 0.5) is 4.39 Å². The van der Waals surface area contributed by atoms with Crippen molar-refractivity contribution in [3.05, 3.63) is 70.5 Å². The molecule has 1 N–H and O–H groups in total. The predicted octanol–water partition coefficient (Wildman–Crippen LogP) is 5.89. The Labute approximate surface area is 200 Å². The molecule has 1 saturated heterocycles. The van der Waals surface area contributed by atoms with Crippen molar-refractivity contribution in [1.82, 2.24) is 4.90 Å². The highest BCUT2D eigenvalue weighted by Gasteiger charge is 2.49. The van der Waals surface area contributed by atoms with Crippen LogP contribution in [-0.2, 0) is 15.0 Å². The molecule has 5 nitrogen and oxygen atoms in total. The Kier molecular flexibility index (Phi) is 6.52. The van der Waals surface area contributed by atoms with Crippen LogP contribution < -0.4 is 4.74 Å². The van der Waals surface area contributed by atoms with Gasteiger partial charge in [0.05, 0.1) is 18.7 Å². The molecule has 4 rings (SSSR count). The van der Waals surface area contributed by atoms with E-state index in [0.717, 1.165) is 37.7 Å². The van der Waals surface area contributed by atoms with Crippen LogP contribution in [0.25, 0.3) is 5.76 Å². The molecule has 0 aromatic heterocycles. The zero-order valence-corrected chi connectivity index (χ0v) is 20.2. The van der Waals surface area contributed by atoms with E-state index in [0.29, 0.717) is 11.3 Å². The smallest absolute Gasteiger partial charge is 0.295 e. The lowest BCUT2D eigenvalue weighted by Crippen LogP contribution is -2.40. The summed E-state index contributed by atoms with van der Waals surface area (Å²) in [6.07, 6.45) is 4.49. The molecule has 1 saturated carbocycles. The summed E-state index contributed by atoms with van der Waals surface area (Å²) < 4.78 is 20.5. The summed E-state index contributed by atoms with van der Waals surface area (Å²) in [7, 11) is 1.58. The van der Waals surface area contributed by atoms with Gasteiger partial charge in [0, 0.05) is 22.7 Å². The molecule has 1 aliphatic heterocycles. The quantitative estimate of drug-likeness (QED) is 0.348. The number of hydrogen-bond donors (Lipinski definition) is 1. The first-order chi connectivity index (χ1) is 16.1. The van der Waals surface area contributed by atoms with Gasteiger partial charge in [-0.25, -0.2) is 4.39 Å². The molecule has 6 heteroatoms. The molecule has 0 spiro atoms. The molecule has 0 radical (unpaired) electrons. The predicted molar refractivity (Wildman–Crippen MR) is 129 cm³/mol. The normalized spacial score (nSPS) is 21.2. The zero-order valence-electron chi connectivity index (χ0n) is 20.2. The number of methoxy groups -OCH3 is 1. The third kappa shape index (κ3) is 4.22. The molecule has 1 amide bonds. The topological polar surface area (TPSA) is 66.8 Å². The first-order valence-electron chi connectivity index (χ1n) is 11.9. The van der Waals surface area contributed by atoms with Gasteiger partial charge < -0.3 is 14.7 Å². The van der Waals surface area contributed by atoms with Crippen molar-refractivity contribution in [2.24, 2.45) is 0 Å². The van der Waals surface area contributed by atoms with Gasteiger partial charge in [-0.15, -0.1) is 0 Å². The minimum atomic E-state index is -0.968. The SMILES string of the molecule is COc1ccc(/C(O)=C2\C(=O)C(=O)N(C3CCCCC3)C2c2ccccc2F)cc1C(C)(C)C. The minimum Gasteiger partial charge on any atom is -0.507 e. The number of rotatable bonds is 4. The summed E-state index contributed by atoms with van der Waals surface area (Å²) in [6.45, 7) is 6.07. The molecule has 180 valence electrons. The summed E-state index contributed by atoms with van der Waals surface area (Å²) in [6, 6.07) is 10.2. The van der Waals surface area contributed by atoms with E-state index < -0.39 is 23.5 Å². The maximum absolute atomic E-state index is 15.0. The van der Waals surface area contributed by atoms with E-state index in [1.165, 1.54) is 11.0 Å². The molecule has 1 aliphatic carbocycles. The standard InChI is InChI=1S/C28H32FNO4/c1-28(2,3)20-16-17(14-15-22(20)34-4)25(31)23-24(19-12-8-9-13-21(19)29)30(27(33)26(23)32)18-10-6-5-7-11-18/h8-9,12-16,18,24,31H,5-7,10-11H2,1-4H3/b25-23+. The van der Waals surface area contributed by atoms with Gasteiger partial charge >= 0.3 is 0 Å². The third-order valence-corrected chi connectivity index (χ3v) is 6.93. The van der Waals surface area contributed by atoms with Gasteiger partial charge in [0.1, 0.15) is 17.3 Å². The van der Waals surface area contributed by atoms with Gasteiger partial charge in [0.25, 0.3) is 11.7 Å². The van der Waals surface area contributed by atoms with E-state index >= 15 is 4.39 Å². The average Bonchev–Trinajstić information content (AvgIpc) is 3.08. The van der Waals surface area contributed by atoms with Gasteiger partial charge in [-0.3, -0.25) is 9.59 Å². The van der Waals surface area contributed by atoms with Crippen molar-refractivity contribution in [2.75, 3.05) is 7.11 Å². The zero-order chi connectivity index (χ0) is 24.6. The first-order valence-corrected chi connectivity index (χ1v) is 11.9. The van der Waals surface area contributed by atoms with Crippen LogP contribution in [0.1, 0.15) is 75.6 Å². The van der Waals surface area contributed by atoms with E-state index in [2.05, 4.69) is 0 Å². The minimum absolute atomic E-state index is 0.0642. The summed E-state index contributed by atoms with van der Waals surface area (Å²) in [4.78, 5) is 28.1. The fraction of sp³-hybridized carbons (Fsp3) is 0.429. The fourth-order valence-electron chi connectivity index (χ4n) is 5.18. The van der Waals surface area contributed by atoms with Crippen LogP contribution in [0.2, 0.25) is 0 Å². The lowest BCUT2D eigenvalue weighted by atomic mass is 9.84. The summed E-state index contributed by atoms with van der Waals surface area (Å²) >= 11 is 0. The number of ketones is 1. The Morgan fingerprint density at radius 1 is 1.06 bits per heavy atom. The number of aliphatic hydroxyl groups is 1. The molecule has 1 unspecified atom stereocenters. The molecular weight excluding hydrogens is 433 g/mol. The first kappa shape index (κ1) is 24.0. The Morgan fingerprint density at radius 3 is 2.35 bits per heavy atom. The molecule has 2 aliphatic rings. The third-order valence-electron chi connectivity index (χ3n) is 6.93. The second-order valence-corrected chi connectivity index (χ2v) is 10.2. The maximum atomic E-state index is 15.0. The van der Waals surface area contributed by atoms with E-state index in [9.17, 15) is 14.7 Å². The lowest BCUT2D eigenvalue weighted by molar-refractivity contribution is -0.141. The van der Waals surface area contributed by atoms with Crippen molar-refractivity contribution >= 4 is 17.4 Å². The number of nitrogens with zero attached hydrogens (tertiary/aromatic N) is 1. The molecule has 1 heterocycles. The maximum Gasteiger partial charge on any atom is 0.295 e. The molecule has 2 fully saturated rings. The van der Waals surface area contributed by atoms with Gasteiger partial charge in [-0.2, -0.15) is 0 Å². The Bertz CT molecular complexity index is 1140. The van der Waals surface area contributed by atoms with Crippen molar-refractivity contribution in [1.29, 1.82) is 0 Å². The number of hydrogen-bond acceptors (Lipinski definition) is 4. The highest BCUT2D eigenvalue weighted by Crippen LogP contribution is 2.44. The van der Waals surface area contributed by atoms with Crippen molar-refractivity contribution in [3.8, 4) is 5.75 Å². The van der Waals surface area contributed by atoms with Crippen LogP contribution in [0, 0.1) is 5.82 Å². The number of carbonyl (C=O) groups excluding carboxylic acids is 2. The average molecular weight is 466 g/mol. The highest BCUT2D eigenvalue weighted by atomic mass is 19.1. The number of Topliss-reactive ketones (excluding diaryl/α,β-unsaturated/α-hetero) is 1. The van der Waals surface area contributed by atoms with Crippen LogP contribution in [0.5, 0.6) is 5.75 Å². The molecule has 1 atom stereocenters. The van der Waals surface area contributed by atoms with Crippen LogP contribution in [0.15, 0.2) is 48.0 Å². The molecule has 2 aromatic carbocycles. The lowest BCUT2D eigenvalue weighted by Gasteiger charge is -2.35. The Hall–Kier alpha value is -3.15. The second-order valence-electron chi connectivity index (χ2n) is 10.2. The summed E-state index contributed by atoms with van der Waals surface area (Å²) in [5.74, 6) is -1.59. The molecule has 0 bridgehead atoms. The van der Waals surface area contributed by atoms with Crippen LogP contribution in [-0.4, -0.2) is 34.8 Å². The summed E-state index contributed by atoms with van der Waals surface area (Å²) in [5, 5.41) is 11.4. The molecular formula is C28H32FNO4. The van der Waals surface area contributed by atoms with Crippen molar-refractivity contribution < 1.29 is 23.8 Å². The number of carbonyl (C=O) groups is 2. The van der Waals surface area contributed by atoms with Gasteiger partial charge in [-0.1, -0.05) is 58.2 Å². The van der Waals surface area contributed by atoms with Crippen molar-refractivity contribution in [2.45, 2.75) is 70.4 Å². The Morgan fingerprint density at radius 2 is 1.74 bits per heavy atom. The number of halogens is 1. The second kappa shape index (κ2) is 9.24. The summed E-state index contributed by atoms with van der Waals surface area (Å²) in [5.41, 5.74) is 1.11. The number of amides is 1. The number of ether oxygens (including phenoxy) is 1. The molecule has 34 heavy (non-hydrogen) atoms. The van der Waals surface area contributed by atoms with Crippen molar-refractivity contribution in [3.63, 3.8) is 0 Å². The van der Waals surface area contributed by atoms with Crippen LogP contribution >= 0.6 is 0 Å². The number of benzene rings is 2. The van der Waals surface area contributed by atoms with Gasteiger partial charge in [0.15, 0.2) is 0 Å². The van der Waals surface area contributed by atoms with Gasteiger partial charge in [-0.05, 0) is 42.5 Å². The van der Waals surface area contributed by atoms with E-state index in [1.54, 1.807) is 43.5 Å². The monoisotopic (exact) mass is 465 g/mol. The van der Waals surface area contributed by atoms with Gasteiger partial charge in [0.2, 0.25) is 0 Å². The largest absolute Gasteiger partial charge is 0.507 e. The Balaban J connectivity index is 1.91. The van der Waals surface area contributed by atoms with Crippen LogP contribution in [0.3, 0.4) is 0 Å².